The summed E-state index contributed by atoms with van der Waals surface area (Å²) >= 11 is 0. The average molecular weight is 260 g/mol. The van der Waals surface area contributed by atoms with Crippen molar-refractivity contribution in [1.29, 1.82) is 0 Å². The van der Waals surface area contributed by atoms with E-state index in [2.05, 4.69) is 28.4 Å². The third kappa shape index (κ3) is 2.21. The number of benzene rings is 1. The van der Waals surface area contributed by atoms with Gasteiger partial charge in [0.1, 0.15) is 0 Å². The molecule has 2 aliphatic rings. The zero-order valence-electron chi connectivity index (χ0n) is 11.3. The van der Waals surface area contributed by atoms with Gasteiger partial charge in [-0.15, -0.1) is 0 Å². The number of amides is 1. The molecule has 1 amide bonds. The Bertz CT molecular complexity index is 475. The molecule has 0 aromatic heterocycles. The monoisotopic (exact) mass is 260 g/mol. The molecule has 2 unspecified atom stereocenters. The van der Waals surface area contributed by atoms with Gasteiger partial charge in [-0.2, -0.15) is 0 Å². The van der Waals surface area contributed by atoms with Crippen LogP contribution in [0.4, 0.5) is 5.69 Å². The number of nitrogens with zero attached hydrogens (tertiary/aromatic N) is 1. The molecule has 0 bridgehead atoms. The van der Waals surface area contributed by atoms with Gasteiger partial charge in [-0.1, -0.05) is 18.2 Å². The molecule has 2 heterocycles. The van der Waals surface area contributed by atoms with E-state index in [0.29, 0.717) is 13.2 Å². The van der Waals surface area contributed by atoms with Gasteiger partial charge in [0, 0.05) is 18.8 Å². The molecule has 4 heteroatoms. The number of para-hydroxylation sites is 1. The van der Waals surface area contributed by atoms with Gasteiger partial charge < -0.3 is 15.0 Å². The van der Waals surface area contributed by atoms with Crippen molar-refractivity contribution in [2.45, 2.75) is 19.4 Å². The summed E-state index contributed by atoms with van der Waals surface area (Å²) in [6, 6.07) is 8.58. The highest BCUT2D eigenvalue weighted by molar-refractivity contribution is 5.82. The summed E-state index contributed by atoms with van der Waals surface area (Å²) in [5.41, 5.74) is 2.55. The van der Waals surface area contributed by atoms with Gasteiger partial charge in [-0.3, -0.25) is 4.79 Å². The van der Waals surface area contributed by atoms with Gasteiger partial charge in [0.05, 0.1) is 25.2 Å². The van der Waals surface area contributed by atoms with Crippen LogP contribution in [0.2, 0.25) is 0 Å². The Morgan fingerprint density at radius 2 is 2.32 bits per heavy atom. The fourth-order valence-electron chi connectivity index (χ4n) is 3.16. The van der Waals surface area contributed by atoms with Gasteiger partial charge in [-0.05, 0) is 25.0 Å². The lowest BCUT2D eigenvalue weighted by molar-refractivity contribution is -0.126. The van der Waals surface area contributed by atoms with E-state index in [0.717, 1.165) is 19.6 Å². The second kappa shape index (κ2) is 5.21. The lowest BCUT2D eigenvalue weighted by atomic mass is 9.84. The minimum atomic E-state index is -0.00449. The lowest BCUT2D eigenvalue weighted by Gasteiger charge is -2.45. The summed E-state index contributed by atoms with van der Waals surface area (Å²) in [4.78, 5) is 14.6. The van der Waals surface area contributed by atoms with Crippen molar-refractivity contribution in [3.63, 3.8) is 0 Å². The maximum absolute atomic E-state index is 12.3. The number of hydrogen-bond acceptors (Lipinski definition) is 3. The smallest absolute Gasteiger partial charge is 0.225 e. The van der Waals surface area contributed by atoms with Crippen molar-refractivity contribution in [1.82, 2.24) is 5.32 Å². The molecule has 102 valence electrons. The van der Waals surface area contributed by atoms with E-state index < -0.39 is 0 Å². The van der Waals surface area contributed by atoms with Crippen molar-refractivity contribution < 1.29 is 9.53 Å². The highest BCUT2D eigenvalue weighted by Crippen LogP contribution is 2.35. The number of fused-ring (bicyclic) bond motifs is 3. The Kier molecular flexibility index (Phi) is 3.42. The minimum absolute atomic E-state index is 0.00449. The van der Waals surface area contributed by atoms with Crippen LogP contribution in [-0.2, 0) is 16.0 Å². The molecule has 2 aliphatic heterocycles. The summed E-state index contributed by atoms with van der Waals surface area (Å²) in [5, 5.41) is 2.96. The molecule has 1 aromatic carbocycles. The molecule has 2 atom stereocenters. The second-order valence-electron chi connectivity index (χ2n) is 5.17. The van der Waals surface area contributed by atoms with E-state index in [-0.39, 0.29) is 17.9 Å². The van der Waals surface area contributed by atoms with E-state index in [4.69, 9.17) is 4.74 Å². The van der Waals surface area contributed by atoms with Gasteiger partial charge in [0.25, 0.3) is 0 Å². The van der Waals surface area contributed by atoms with Crippen LogP contribution in [0, 0.1) is 5.92 Å². The van der Waals surface area contributed by atoms with Crippen LogP contribution in [-0.4, -0.2) is 38.3 Å². The summed E-state index contributed by atoms with van der Waals surface area (Å²) < 4.78 is 5.59. The van der Waals surface area contributed by atoms with E-state index in [1.807, 2.05) is 13.0 Å². The van der Waals surface area contributed by atoms with E-state index in [1.165, 1.54) is 11.3 Å². The maximum Gasteiger partial charge on any atom is 0.225 e. The first-order valence-corrected chi connectivity index (χ1v) is 7.01. The third-order valence-electron chi connectivity index (χ3n) is 4.06. The molecule has 0 saturated carbocycles. The molecule has 4 nitrogen and oxygen atoms in total. The molecule has 0 spiro atoms. The predicted molar refractivity (Wildman–Crippen MR) is 74.3 cm³/mol. The van der Waals surface area contributed by atoms with E-state index >= 15 is 0 Å². The summed E-state index contributed by atoms with van der Waals surface area (Å²) in [7, 11) is 0. The van der Waals surface area contributed by atoms with Crippen LogP contribution >= 0.6 is 0 Å². The van der Waals surface area contributed by atoms with Crippen molar-refractivity contribution in [3.8, 4) is 0 Å². The van der Waals surface area contributed by atoms with Gasteiger partial charge in [0.2, 0.25) is 5.91 Å². The number of nitrogens with one attached hydrogen (secondary N) is 1. The molecule has 19 heavy (non-hydrogen) atoms. The lowest BCUT2D eigenvalue weighted by Crippen LogP contribution is -2.56. The van der Waals surface area contributed by atoms with Crippen molar-refractivity contribution in [3.05, 3.63) is 29.8 Å². The number of anilines is 1. The van der Waals surface area contributed by atoms with Crippen LogP contribution in [0.5, 0.6) is 0 Å². The SMILES string of the molecule is CCNC(=O)C1Cc2ccccc2N2CCOCC12. The zero-order valence-corrected chi connectivity index (χ0v) is 11.3. The van der Waals surface area contributed by atoms with Crippen LogP contribution in [0.15, 0.2) is 24.3 Å². The Morgan fingerprint density at radius 1 is 1.47 bits per heavy atom. The molecular weight excluding hydrogens is 240 g/mol. The first kappa shape index (κ1) is 12.5. The Hall–Kier alpha value is -1.55. The standard InChI is InChI=1S/C15H20N2O2/c1-2-16-15(18)12-9-11-5-3-4-6-13(11)17-7-8-19-10-14(12)17/h3-6,12,14H,2,7-10H2,1H3,(H,16,18). The first-order valence-electron chi connectivity index (χ1n) is 7.01. The molecule has 1 saturated heterocycles. The number of carbonyl (C=O) groups excluding carboxylic acids is 1. The maximum atomic E-state index is 12.3. The van der Waals surface area contributed by atoms with Crippen molar-refractivity contribution in [2.24, 2.45) is 5.92 Å². The number of carbonyl (C=O) groups is 1. The minimum Gasteiger partial charge on any atom is -0.377 e. The van der Waals surface area contributed by atoms with Gasteiger partial charge in [0.15, 0.2) is 0 Å². The largest absolute Gasteiger partial charge is 0.377 e. The molecule has 0 aliphatic carbocycles. The molecule has 0 radical (unpaired) electrons. The Labute approximate surface area is 113 Å². The fraction of sp³-hybridized carbons (Fsp3) is 0.533. The summed E-state index contributed by atoms with van der Waals surface area (Å²) in [6.45, 7) is 4.91. The van der Waals surface area contributed by atoms with Crippen LogP contribution in [0.3, 0.4) is 0 Å². The topological polar surface area (TPSA) is 41.6 Å². The number of morpholine rings is 1. The van der Waals surface area contributed by atoms with Gasteiger partial charge >= 0.3 is 0 Å². The normalized spacial score (nSPS) is 25.4. The number of ether oxygens (including phenoxy) is 1. The first-order chi connectivity index (χ1) is 9.31. The molecule has 1 N–H and O–H groups in total. The predicted octanol–water partition coefficient (Wildman–Crippen LogP) is 1.20. The number of rotatable bonds is 2. The Morgan fingerprint density at radius 3 is 3.16 bits per heavy atom. The van der Waals surface area contributed by atoms with Crippen LogP contribution in [0.25, 0.3) is 0 Å². The fourth-order valence-corrected chi connectivity index (χ4v) is 3.16. The highest BCUT2D eigenvalue weighted by Gasteiger charge is 2.39. The third-order valence-corrected chi connectivity index (χ3v) is 4.06. The average Bonchev–Trinajstić information content (AvgIpc) is 2.46. The van der Waals surface area contributed by atoms with Gasteiger partial charge in [-0.25, -0.2) is 0 Å². The summed E-state index contributed by atoms with van der Waals surface area (Å²) in [6.07, 6.45) is 0.812. The van der Waals surface area contributed by atoms with Crippen molar-refractivity contribution in [2.75, 3.05) is 31.2 Å². The zero-order chi connectivity index (χ0) is 13.2. The number of hydrogen-bond donors (Lipinski definition) is 1. The van der Waals surface area contributed by atoms with Crippen LogP contribution in [0.1, 0.15) is 12.5 Å². The Balaban J connectivity index is 1.94. The second-order valence-corrected chi connectivity index (χ2v) is 5.17. The molecule has 3 rings (SSSR count). The molecule has 1 aromatic rings. The quantitative estimate of drug-likeness (QED) is 0.869. The van der Waals surface area contributed by atoms with E-state index in [1.54, 1.807) is 0 Å². The molecule has 1 fully saturated rings. The van der Waals surface area contributed by atoms with E-state index in [9.17, 15) is 4.79 Å². The summed E-state index contributed by atoms with van der Waals surface area (Å²) in [5.74, 6) is 0.146. The molecular formula is C15H20N2O2. The highest BCUT2D eigenvalue weighted by atomic mass is 16.5. The van der Waals surface area contributed by atoms with Crippen LogP contribution < -0.4 is 10.2 Å². The van der Waals surface area contributed by atoms with Crippen molar-refractivity contribution >= 4 is 11.6 Å².